The minimum atomic E-state index is -0.00489. The summed E-state index contributed by atoms with van der Waals surface area (Å²) in [7, 11) is 0. The van der Waals surface area contributed by atoms with Crippen LogP contribution in [0.1, 0.15) is 74.6 Å². The van der Waals surface area contributed by atoms with E-state index in [1.807, 2.05) is 12.1 Å². The molecule has 1 N–H and O–H groups in total. The van der Waals surface area contributed by atoms with Crippen molar-refractivity contribution >= 4 is 5.91 Å². The van der Waals surface area contributed by atoms with Crippen LogP contribution in [0.25, 0.3) is 0 Å². The van der Waals surface area contributed by atoms with Crippen molar-refractivity contribution in [3.63, 3.8) is 0 Å². The molecule has 23 heavy (non-hydrogen) atoms. The number of pyridine rings is 1. The molecule has 0 saturated heterocycles. The fourth-order valence-corrected chi connectivity index (χ4v) is 4.14. The van der Waals surface area contributed by atoms with Crippen molar-refractivity contribution in [2.45, 2.75) is 76.3 Å². The first-order chi connectivity index (χ1) is 11.3. The molecule has 126 valence electrons. The summed E-state index contributed by atoms with van der Waals surface area (Å²) in [6.45, 7) is 0.684. The third kappa shape index (κ3) is 4.54. The van der Waals surface area contributed by atoms with Gasteiger partial charge in [0.1, 0.15) is 0 Å². The Kier molecular flexibility index (Phi) is 6.03. The van der Waals surface area contributed by atoms with Crippen LogP contribution in [0.5, 0.6) is 0 Å². The highest BCUT2D eigenvalue weighted by atomic mass is 16.1. The standard InChI is InChI=1S/C19H29N3O/c23-19(16-8-7-13-20-14-16)21-15-22(17-9-3-1-4-10-17)18-11-5-2-6-12-18/h7-8,13-14,17-18H,1-6,9-12,15H2,(H,21,23). The largest absolute Gasteiger partial charge is 0.339 e. The Hall–Kier alpha value is -1.42. The first kappa shape index (κ1) is 16.4. The van der Waals surface area contributed by atoms with Gasteiger partial charge in [-0.2, -0.15) is 0 Å². The van der Waals surface area contributed by atoms with Crippen LogP contribution in [0.2, 0.25) is 0 Å². The zero-order valence-electron chi connectivity index (χ0n) is 14.0. The number of rotatable bonds is 5. The topological polar surface area (TPSA) is 45.2 Å². The number of nitrogens with zero attached hydrogens (tertiary/aromatic N) is 2. The average molecular weight is 315 g/mol. The molecule has 2 fully saturated rings. The summed E-state index contributed by atoms with van der Waals surface area (Å²) in [5.41, 5.74) is 0.653. The van der Waals surface area contributed by atoms with Gasteiger partial charge in [0.2, 0.25) is 0 Å². The minimum Gasteiger partial charge on any atom is -0.339 e. The molecule has 1 heterocycles. The number of amides is 1. The predicted molar refractivity (Wildman–Crippen MR) is 92.2 cm³/mol. The Morgan fingerprint density at radius 2 is 1.65 bits per heavy atom. The molecule has 3 rings (SSSR count). The Labute approximate surface area is 139 Å². The summed E-state index contributed by atoms with van der Waals surface area (Å²) < 4.78 is 0. The van der Waals surface area contributed by atoms with Crippen molar-refractivity contribution in [3.05, 3.63) is 30.1 Å². The highest BCUT2D eigenvalue weighted by Crippen LogP contribution is 2.29. The number of hydrogen-bond acceptors (Lipinski definition) is 3. The van der Waals surface area contributed by atoms with Crippen molar-refractivity contribution in [2.24, 2.45) is 0 Å². The second-order valence-corrected chi connectivity index (χ2v) is 7.00. The third-order valence-electron chi connectivity index (χ3n) is 5.43. The van der Waals surface area contributed by atoms with Gasteiger partial charge >= 0.3 is 0 Å². The number of hydrogen-bond donors (Lipinski definition) is 1. The zero-order valence-corrected chi connectivity index (χ0v) is 14.0. The lowest BCUT2D eigenvalue weighted by Gasteiger charge is -2.41. The lowest BCUT2D eigenvalue weighted by atomic mass is 9.89. The van der Waals surface area contributed by atoms with Crippen LogP contribution in [0.4, 0.5) is 0 Å². The molecular formula is C19H29N3O. The monoisotopic (exact) mass is 315 g/mol. The Balaban J connectivity index is 1.61. The summed E-state index contributed by atoms with van der Waals surface area (Å²) in [5, 5.41) is 3.14. The molecule has 2 aliphatic carbocycles. The van der Waals surface area contributed by atoms with Gasteiger partial charge in [-0.3, -0.25) is 14.7 Å². The highest BCUT2D eigenvalue weighted by molar-refractivity contribution is 5.93. The van der Waals surface area contributed by atoms with Crippen molar-refractivity contribution < 1.29 is 4.79 Å². The fourth-order valence-electron chi connectivity index (χ4n) is 4.14. The van der Waals surface area contributed by atoms with E-state index in [2.05, 4.69) is 15.2 Å². The lowest BCUT2D eigenvalue weighted by Crippen LogP contribution is -2.50. The van der Waals surface area contributed by atoms with Crippen molar-refractivity contribution in [2.75, 3.05) is 6.67 Å². The van der Waals surface area contributed by atoms with E-state index >= 15 is 0 Å². The van der Waals surface area contributed by atoms with E-state index in [1.54, 1.807) is 12.4 Å². The Morgan fingerprint density at radius 3 is 2.17 bits per heavy atom. The second kappa shape index (κ2) is 8.44. The molecule has 0 unspecified atom stereocenters. The fraction of sp³-hybridized carbons (Fsp3) is 0.684. The van der Waals surface area contributed by atoms with E-state index in [-0.39, 0.29) is 5.91 Å². The van der Waals surface area contributed by atoms with Gasteiger partial charge in [0.05, 0.1) is 12.2 Å². The van der Waals surface area contributed by atoms with Crippen molar-refractivity contribution in [1.29, 1.82) is 0 Å². The first-order valence-electron chi connectivity index (χ1n) is 9.28. The van der Waals surface area contributed by atoms with Gasteiger partial charge in [-0.15, -0.1) is 0 Å². The summed E-state index contributed by atoms with van der Waals surface area (Å²) in [6, 6.07) is 4.95. The molecule has 0 bridgehead atoms. The number of carbonyl (C=O) groups excluding carboxylic acids is 1. The van der Waals surface area contributed by atoms with Gasteiger partial charge in [-0.05, 0) is 37.8 Å². The quantitative estimate of drug-likeness (QED) is 0.842. The van der Waals surface area contributed by atoms with Crippen LogP contribution in [0.15, 0.2) is 24.5 Å². The van der Waals surface area contributed by atoms with Crippen molar-refractivity contribution in [3.8, 4) is 0 Å². The van der Waals surface area contributed by atoms with E-state index in [9.17, 15) is 4.79 Å². The number of carbonyl (C=O) groups is 1. The molecule has 1 amide bonds. The molecule has 4 nitrogen and oxygen atoms in total. The maximum Gasteiger partial charge on any atom is 0.253 e. The predicted octanol–water partition coefficient (Wildman–Crippen LogP) is 3.74. The maximum atomic E-state index is 12.3. The van der Waals surface area contributed by atoms with Crippen LogP contribution in [-0.2, 0) is 0 Å². The Bertz CT molecular complexity index is 461. The van der Waals surface area contributed by atoms with Crippen LogP contribution < -0.4 is 5.32 Å². The van der Waals surface area contributed by atoms with Gasteiger partial charge in [-0.1, -0.05) is 38.5 Å². The van der Waals surface area contributed by atoms with Crippen LogP contribution in [0.3, 0.4) is 0 Å². The van der Waals surface area contributed by atoms with E-state index in [4.69, 9.17) is 0 Å². The van der Waals surface area contributed by atoms with Gasteiger partial charge in [0.25, 0.3) is 5.91 Å². The summed E-state index contributed by atoms with van der Waals surface area (Å²) in [5.74, 6) is -0.00489. The van der Waals surface area contributed by atoms with Crippen molar-refractivity contribution in [1.82, 2.24) is 15.2 Å². The van der Waals surface area contributed by atoms with E-state index < -0.39 is 0 Å². The van der Waals surface area contributed by atoms with Gasteiger partial charge in [0.15, 0.2) is 0 Å². The third-order valence-corrected chi connectivity index (χ3v) is 5.43. The number of aromatic nitrogens is 1. The van der Waals surface area contributed by atoms with E-state index in [0.29, 0.717) is 24.3 Å². The van der Waals surface area contributed by atoms with Crippen LogP contribution in [-0.4, -0.2) is 34.5 Å². The van der Waals surface area contributed by atoms with E-state index in [1.165, 1.54) is 64.2 Å². The first-order valence-corrected chi connectivity index (χ1v) is 9.28. The Morgan fingerprint density at radius 1 is 1.04 bits per heavy atom. The molecule has 1 aromatic heterocycles. The normalized spacial score (nSPS) is 20.6. The lowest BCUT2D eigenvalue weighted by molar-refractivity contribution is 0.0641. The molecule has 2 aliphatic rings. The van der Waals surface area contributed by atoms with Gasteiger partial charge in [-0.25, -0.2) is 0 Å². The summed E-state index contributed by atoms with van der Waals surface area (Å²) in [6.07, 6.45) is 16.6. The zero-order chi connectivity index (χ0) is 15.9. The molecule has 2 saturated carbocycles. The molecule has 0 spiro atoms. The minimum absolute atomic E-state index is 0.00489. The summed E-state index contributed by atoms with van der Waals surface area (Å²) in [4.78, 5) is 19.0. The van der Waals surface area contributed by atoms with E-state index in [0.717, 1.165) is 0 Å². The molecule has 0 radical (unpaired) electrons. The molecule has 4 heteroatoms. The summed E-state index contributed by atoms with van der Waals surface area (Å²) >= 11 is 0. The smallest absolute Gasteiger partial charge is 0.253 e. The molecule has 0 atom stereocenters. The van der Waals surface area contributed by atoms with Gasteiger partial charge in [0, 0.05) is 24.5 Å². The highest BCUT2D eigenvalue weighted by Gasteiger charge is 2.28. The molecule has 0 aliphatic heterocycles. The second-order valence-electron chi connectivity index (χ2n) is 7.00. The van der Waals surface area contributed by atoms with Crippen LogP contribution in [0, 0.1) is 0 Å². The average Bonchev–Trinajstić information content (AvgIpc) is 2.64. The van der Waals surface area contributed by atoms with Gasteiger partial charge < -0.3 is 5.32 Å². The van der Waals surface area contributed by atoms with Crippen LogP contribution >= 0.6 is 0 Å². The molecular weight excluding hydrogens is 286 g/mol. The SMILES string of the molecule is O=C(NCN(C1CCCCC1)C1CCCCC1)c1cccnc1. The molecule has 1 aromatic rings. The maximum absolute atomic E-state index is 12.3. The number of nitrogens with one attached hydrogen (secondary N) is 1. The molecule has 0 aromatic carbocycles.